The SMILES string of the molecule is CN1CCN([C@H]2CN(C(=O)CCC(=O)NC3CCCC3)C[C@@H]2O)CC1. The van der Waals surface area contributed by atoms with Gasteiger partial charge in [0, 0.05) is 58.2 Å². The van der Waals surface area contributed by atoms with Gasteiger partial charge in [-0.2, -0.15) is 0 Å². The van der Waals surface area contributed by atoms with Crippen LogP contribution in [0.15, 0.2) is 0 Å². The van der Waals surface area contributed by atoms with Crippen LogP contribution in [0.4, 0.5) is 0 Å². The number of likely N-dealkylation sites (N-methyl/N-ethyl adjacent to an activating group) is 1. The van der Waals surface area contributed by atoms with Gasteiger partial charge in [0.05, 0.1) is 12.1 Å². The normalized spacial score (nSPS) is 29.3. The van der Waals surface area contributed by atoms with Gasteiger partial charge in [0.25, 0.3) is 0 Å². The minimum Gasteiger partial charge on any atom is -0.390 e. The van der Waals surface area contributed by atoms with E-state index in [2.05, 4.69) is 22.2 Å². The van der Waals surface area contributed by atoms with Crippen LogP contribution in [0, 0.1) is 0 Å². The Labute approximate surface area is 150 Å². The van der Waals surface area contributed by atoms with E-state index in [1.54, 1.807) is 4.90 Å². The van der Waals surface area contributed by atoms with E-state index in [1.807, 2.05) is 0 Å². The number of rotatable bonds is 5. The molecule has 2 amide bonds. The molecule has 2 heterocycles. The van der Waals surface area contributed by atoms with Crippen molar-refractivity contribution in [3.05, 3.63) is 0 Å². The molecule has 0 aromatic rings. The first-order valence-electron chi connectivity index (χ1n) is 9.70. The van der Waals surface area contributed by atoms with Gasteiger partial charge in [0.1, 0.15) is 0 Å². The maximum Gasteiger partial charge on any atom is 0.223 e. The number of nitrogens with zero attached hydrogens (tertiary/aromatic N) is 3. The average molecular weight is 352 g/mol. The van der Waals surface area contributed by atoms with E-state index in [0.29, 0.717) is 19.1 Å². The Bertz CT molecular complexity index is 473. The molecule has 25 heavy (non-hydrogen) atoms. The van der Waals surface area contributed by atoms with Gasteiger partial charge in [-0.1, -0.05) is 12.8 Å². The summed E-state index contributed by atoms with van der Waals surface area (Å²) in [4.78, 5) is 30.7. The molecular formula is C18H32N4O3. The second-order valence-electron chi connectivity index (χ2n) is 7.82. The quantitative estimate of drug-likeness (QED) is 0.707. The molecule has 142 valence electrons. The van der Waals surface area contributed by atoms with Crippen LogP contribution in [-0.4, -0.2) is 96.1 Å². The number of aliphatic hydroxyl groups is 1. The van der Waals surface area contributed by atoms with Crippen LogP contribution in [0.3, 0.4) is 0 Å². The molecule has 0 aromatic heterocycles. The zero-order valence-corrected chi connectivity index (χ0v) is 15.3. The lowest BCUT2D eigenvalue weighted by Crippen LogP contribution is -2.52. The van der Waals surface area contributed by atoms with Crippen molar-refractivity contribution >= 4 is 11.8 Å². The van der Waals surface area contributed by atoms with Crippen LogP contribution >= 0.6 is 0 Å². The van der Waals surface area contributed by atoms with E-state index < -0.39 is 6.10 Å². The van der Waals surface area contributed by atoms with Gasteiger partial charge in [-0.25, -0.2) is 0 Å². The third-order valence-electron chi connectivity index (χ3n) is 5.90. The summed E-state index contributed by atoms with van der Waals surface area (Å²) >= 11 is 0. The number of carbonyl (C=O) groups is 2. The van der Waals surface area contributed by atoms with Crippen molar-refractivity contribution in [1.82, 2.24) is 20.0 Å². The number of hydrogen-bond donors (Lipinski definition) is 2. The third kappa shape index (κ3) is 4.92. The lowest BCUT2D eigenvalue weighted by atomic mass is 10.1. The number of aliphatic hydroxyl groups excluding tert-OH is 1. The molecule has 2 saturated heterocycles. The maximum absolute atomic E-state index is 12.4. The van der Waals surface area contributed by atoms with Crippen molar-refractivity contribution in [2.75, 3.05) is 46.3 Å². The maximum atomic E-state index is 12.4. The molecule has 7 heteroatoms. The van der Waals surface area contributed by atoms with Crippen LogP contribution in [-0.2, 0) is 9.59 Å². The summed E-state index contributed by atoms with van der Waals surface area (Å²) in [5.41, 5.74) is 0. The summed E-state index contributed by atoms with van der Waals surface area (Å²) in [7, 11) is 2.11. The molecule has 0 bridgehead atoms. The summed E-state index contributed by atoms with van der Waals surface area (Å²) in [5, 5.41) is 13.4. The highest BCUT2D eigenvalue weighted by atomic mass is 16.3. The average Bonchev–Trinajstić information content (AvgIpc) is 3.23. The third-order valence-corrected chi connectivity index (χ3v) is 5.90. The van der Waals surface area contributed by atoms with E-state index in [4.69, 9.17) is 0 Å². The second-order valence-corrected chi connectivity index (χ2v) is 7.82. The highest BCUT2D eigenvalue weighted by molar-refractivity contribution is 5.84. The topological polar surface area (TPSA) is 76.1 Å². The molecule has 0 unspecified atom stereocenters. The molecular weight excluding hydrogens is 320 g/mol. The van der Waals surface area contributed by atoms with Gasteiger partial charge in [0.2, 0.25) is 11.8 Å². The second kappa shape index (κ2) is 8.47. The van der Waals surface area contributed by atoms with Crippen molar-refractivity contribution < 1.29 is 14.7 Å². The van der Waals surface area contributed by atoms with Gasteiger partial charge in [-0.3, -0.25) is 14.5 Å². The molecule has 0 spiro atoms. The Kier molecular flexibility index (Phi) is 6.30. The highest BCUT2D eigenvalue weighted by Gasteiger charge is 2.38. The molecule has 3 fully saturated rings. The Morgan fingerprint density at radius 3 is 2.40 bits per heavy atom. The van der Waals surface area contributed by atoms with Gasteiger partial charge in [-0.15, -0.1) is 0 Å². The Hall–Kier alpha value is -1.18. The summed E-state index contributed by atoms with van der Waals surface area (Å²) in [6, 6.07) is 0.336. The van der Waals surface area contributed by atoms with Crippen LogP contribution in [0.5, 0.6) is 0 Å². The predicted molar refractivity (Wildman–Crippen MR) is 95.1 cm³/mol. The van der Waals surface area contributed by atoms with Crippen LogP contribution in [0.25, 0.3) is 0 Å². The number of hydrogen-bond acceptors (Lipinski definition) is 5. The monoisotopic (exact) mass is 352 g/mol. The molecule has 1 saturated carbocycles. The minimum atomic E-state index is -0.486. The molecule has 3 aliphatic rings. The summed E-state index contributed by atoms with van der Waals surface area (Å²) in [5.74, 6) is -0.0344. The fourth-order valence-corrected chi connectivity index (χ4v) is 4.23. The number of β-amino-alcohol motifs (C(OH)–C–C–N with tert-alkyl or cyclic N) is 1. The molecule has 0 radical (unpaired) electrons. The van der Waals surface area contributed by atoms with Crippen LogP contribution < -0.4 is 5.32 Å². The first-order valence-corrected chi connectivity index (χ1v) is 9.70. The lowest BCUT2D eigenvalue weighted by Gasteiger charge is -2.37. The fourth-order valence-electron chi connectivity index (χ4n) is 4.23. The molecule has 0 aromatic carbocycles. The van der Waals surface area contributed by atoms with Gasteiger partial charge < -0.3 is 20.2 Å². The fraction of sp³-hybridized carbons (Fsp3) is 0.889. The largest absolute Gasteiger partial charge is 0.390 e. The molecule has 2 N–H and O–H groups in total. The van der Waals surface area contributed by atoms with E-state index in [0.717, 1.165) is 39.0 Å². The number of amides is 2. The smallest absolute Gasteiger partial charge is 0.223 e. The van der Waals surface area contributed by atoms with Gasteiger partial charge in [0.15, 0.2) is 0 Å². The number of piperazine rings is 1. The Morgan fingerprint density at radius 2 is 1.72 bits per heavy atom. The molecule has 3 rings (SSSR count). The van der Waals surface area contributed by atoms with E-state index >= 15 is 0 Å². The van der Waals surface area contributed by atoms with Crippen molar-refractivity contribution in [3.63, 3.8) is 0 Å². The van der Waals surface area contributed by atoms with Crippen LogP contribution in [0.1, 0.15) is 38.5 Å². The summed E-state index contributed by atoms with van der Waals surface area (Å²) in [6.45, 7) is 4.83. The molecule has 2 atom stereocenters. The zero-order chi connectivity index (χ0) is 17.8. The lowest BCUT2D eigenvalue weighted by molar-refractivity contribution is -0.133. The number of likely N-dealkylation sites (tertiary alicyclic amines) is 1. The Morgan fingerprint density at radius 1 is 1.04 bits per heavy atom. The first kappa shape index (κ1) is 18.6. The summed E-state index contributed by atoms with van der Waals surface area (Å²) in [6.07, 6.45) is 4.49. The van der Waals surface area contributed by atoms with E-state index in [-0.39, 0.29) is 30.7 Å². The standard InChI is InChI=1S/C18H32N4O3/c1-20-8-10-21(11-9-20)15-12-22(13-16(15)23)18(25)7-6-17(24)19-14-4-2-3-5-14/h14-16,23H,2-13H2,1H3,(H,19,24)/t15-,16-/m0/s1. The molecule has 7 nitrogen and oxygen atoms in total. The minimum absolute atomic E-state index is 0.0164. The highest BCUT2D eigenvalue weighted by Crippen LogP contribution is 2.20. The zero-order valence-electron chi connectivity index (χ0n) is 15.3. The predicted octanol–water partition coefficient (Wildman–Crippen LogP) is -0.355. The van der Waals surface area contributed by atoms with Crippen molar-refractivity contribution in [2.24, 2.45) is 0 Å². The van der Waals surface area contributed by atoms with Crippen molar-refractivity contribution in [3.8, 4) is 0 Å². The van der Waals surface area contributed by atoms with Gasteiger partial charge in [-0.05, 0) is 19.9 Å². The number of nitrogens with one attached hydrogen (secondary N) is 1. The number of carbonyl (C=O) groups excluding carboxylic acids is 2. The Balaban J connectivity index is 1.41. The first-order chi connectivity index (χ1) is 12.0. The summed E-state index contributed by atoms with van der Waals surface area (Å²) < 4.78 is 0. The van der Waals surface area contributed by atoms with Gasteiger partial charge >= 0.3 is 0 Å². The molecule has 2 aliphatic heterocycles. The van der Waals surface area contributed by atoms with Crippen LogP contribution in [0.2, 0.25) is 0 Å². The molecule has 1 aliphatic carbocycles. The van der Waals surface area contributed by atoms with Crippen molar-refractivity contribution in [1.29, 1.82) is 0 Å². The van der Waals surface area contributed by atoms with Crippen molar-refractivity contribution in [2.45, 2.75) is 56.7 Å². The van der Waals surface area contributed by atoms with E-state index in [1.165, 1.54) is 12.8 Å². The van der Waals surface area contributed by atoms with E-state index in [9.17, 15) is 14.7 Å².